The van der Waals surface area contributed by atoms with Crippen molar-refractivity contribution in [3.63, 3.8) is 0 Å². The van der Waals surface area contributed by atoms with Gasteiger partial charge in [-0.2, -0.15) is 0 Å². The number of para-hydroxylation sites is 1. The SMILES string of the molecule is O=C(Nc1cc(O)ccc1C(=O)O)Oc1ccccc1. The summed E-state index contributed by atoms with van der Waals surface area (Å²) in [6.07, 6.45) is -0.843. The Hall–Kier alpha value is -3.02. The molecule has 20 heavy (non-hydrogen) atoms. The van der Waals surface area contributed by atoms with Crippen molar-refractivity contribution in [2.24, 2.45) is 0 Å². The lowest BCUT2D eigenvalue weighted by Gasteiger charge is -2.09. The predicted molar refractivity (Wildman–Crippen MR) is 71.2 cm³/mol. The van der Waals surface area contributed by atoms with Gasteiger partial charge in [0.1, 0.15) is 11.5 Å². The van der Waals surface area contributed by atoms with Gasteiger partial charge in [-0.1, -0.05) is 18.2 Å². The highest BCUT2D eigenvalue weighted by molar-refractivity contribution is 5.99. The number of phenolic OH excluding ortho intramolecular Hbond substituents is 1. The Labute approximate surface area is 114 Å². The summed E-state index contributed by atoms with van der Waals surface area (Å²) in [6, 6.07) is 11.9. The molecule has 0 bridgehead atoms. The Morgan fingerprint density at radius 1 is 1.05 bits per heavy atom. The molecule has 0 heterocycles. The molecule has 0 aliphatic rings. The fraction of sp³-hybridized carbons (Fsp3) is 0. The first kappa shape index (κ1) is 13.4. The monoisotopic (exact) mass is 273 g/mol. The summed E-state index contributed by atoms with van der Waals surface area (Å²) in [5, 5.41) is 20.6. The number of carbonyl (C=O) groups is 2. The van der Waals surface area contributed by atoms with E-state index in [1.807, 2.05) is 0 Å². The van der Waals surface area contributed by atoms with E-state index in [1.165, 1.54) is 12.1 Å². The van der Waals surface area contributed by atoms with Crippen molar-refractivity contribution in [3.8, 4) is 11.5 Å². The average Bonchev–Trinajstić information content (AvgIpc) is 2.39. The maximum absolute atomic E-state index is 11.7. The van der Waals surface area contributed by atoms with Crippen LogP contribution in [0, 0.1) is 0 Å². The number of nitrogens with one attached hydrogen (secondary N) is 1. The van der Waals surface area contributed by atoms with Crippen LogP contribution >= 0.6 is 0 Å². The van der Waals surface area contributed by atoms with Gasteiger partial charge in [-0.15, -0.1) is 0 Å². The van der Waals surface area contributed by atoms with Crippen LogP contribution in [0.15, 0.2) is 48.5 Å². The molecule has 102 valence electrons. The number of carbonyl (C=O) groups excluding carboxylic acids is 1. The van der Waals surface area contributed by atoms with Crippen LogP contribution in [-0.4, -0.2) is 22.3 Å². The van der Waals surface area contributed by atoms with Gasteiger partial charge in [0, 0.05) is 6.07 Å². The number of phenols is 1. The van der Waals surface area contributed by atoms with Gasteiger partial charge >= 0.3 is 12.1 Å². The van der Waals surface area contributed by atoms with E-state index in [0.29, 0.717) is 5.75 Å². The molecule has 0 aliphatic heterocycles. The van der Waals surface area contributed by atoms with Crippen molar-refractivity contribution >= 4 is 17.7 Å². The molecule has 1 amide bonds. The van der Waals surface area contributed by atoms with Crippen LogP contribution in [-0.2, 0) is 0 Å². The number of hydrogen-bond acceptors (Lipinski definition) is 4. The van der Waals surface area contributed by atoms with E-state index in [9.17, 15) is 14.7 Å². The standard InChI is InChI=1S/C14H11NO5/c16-9-6-7-11(13(17)18)12(8-9)15-14(19)20-10-4-2-1-3-5-10/h1-8,16H,(H,15,19)(H,17,18). The number of aromatic hydroxyl groups is 1. The van der Waals surface area contributed by atoms with Gasteiger partial charge in [0.25, 0.3) is 0 Å². The van der Waals surface area contributed by atoms with Crippen molar-refractivity contribution in [3.05, 3.63) is 54.1 Å². The Morgan fingerprint density at radius 2 is 1.75 bits per heavy atom. The summed E-state index contributed by atoms with van der Waals surface area (Å²) in [5.41, 5.74) is -0.189. The fourth-order valence-electron chi connectivity index (χ4n) is 1.55. The molecular weight excluding hydrogens is 262 g/mol. The van der Waals surface area contributed by atoms with Crippen LogP contribution in [0.25, 0.3) is 0 Å². The Bertz CT molecular complexity index is 639. The number of carboxylic acids is 1. The lowest BCUT2D eigenvalue weighted by atomic mass is 10.1. The van der Waals surface area contributed by atoms with E-state index in [-0.39, 0.29) is 17.0 Å². The molecule has 0 unspecified atom stereocenters. The van der Waals surface area contributed by atoms with Gasteiger partial charge in [0.2, 0.25) is 0 Å². The zero-order valence-electron chi connectivity index (χ0n) is 10.2. The molecular formula is C14H11NO5. The van der Waals surface area contributed by atoms with Crippen LogP contribution < -0.4 is 10.1 Å². The minimum atomic E-state index is -1.22. The number of aromatic carboxylic acids is 1. The number of hydrogen-bond donors (Lipinski definition) is 3. The highest BCUT2D eigenvalue weighted by Gasteiger charge is 2.14. The van der Waals surface area contributed by atoms with E-state index in [1.54, 1.807) is 30.3 Å². The van der Waals surface area contributed by atoms with Crippen LogP contribution in [0.1, 0.15) is 10.4 Å². The molecule has 2 rings (SSSR count). The molecule has 6 heteroatoms. The number of rotatable bonds is 3. The van der Waals surface area contributed by atoms with Crippen molar-refractivity contribution in [2.45, 2.75) is 0 Å². The van der Waals surface area contributed by atoms with Crippen LogP contribution in [0.5, 0.6) is 11.5 Å². The lowest BCUT2D eigenvalue weighted by molar-refractivity contribution is 0.0698. The van der Waals surface area contributed by atoms with Crippen molar-refractivity contribution in [1.82, 2.24) is 0 Å². The third-order valence-electron chi connectivity index (χ3n) is 2.42. The first-order chi connectivity index (χ1) is 9.56. The van der Waals surface area contributed by atoms with E-state index in [4.69, 9.17) is 9.84 Å². The number of amides is 1. The molecule has 0 radical (unpaired) electrons. The Morgan fingerprint density at radius 3 is 2.40 bits per heavy atom. The molecule has 0 spiro atoms. The van der Waals surface area contributed by atoms with Gasteiger partial charge in [-0.3, -0.25) is 5.32 Å². The Kier molecular flexibility index (Phi) is 3.85. The minimum absolute atomic E-state index is 0.0431. The molecule has 2 aromatic carbocycles. The molecule has 2 aromatic rings. The molecule has 0 aromatic heterocycles. The van der Waals surface area contributed by atoms with Gasteiger partial charge in [-0.25, -0.2) is 9.59 Å². The third-order valence-corrected chi connectivity index (χ3v) is 2.42. The number of carboxylic acid groups (broad SMARTS) is 1. The highest BCUT2D eigenvalue weighted by Crippen LogP contribution is 2.22. The maximum atomic E-state index is 11.7. The van der Waals surface area contributed by atoms with E-state index in [2.05, 4.69) is 5.32 Å². The number of anilines is 1. The predicted octanol–water partition coefficient (Wildman–Crippen LogP) is 2.70. The summed E-state index contributed by atoms with van der Waals surface area (Å²) in [6.45, 7) is 0. The van der Waals surface area contributed by atoms with Crippen LogP contribution in [0.3, 0.4) is 0 Å². The minimum Gasteiger partial charge on any atom is -0.508 e. The average molecular weight is 273 g/mol. The summed E-state index contributed by atoms with van der Waals surface area (Å²) in [4.78, 5) is 22.7. The fourth-order valence-corrected chi connectivity index (χ4v) is 1.55. The van der Waals surface area contributed by atoms with E-state index < -0.39 is 12.1 Å². The second-order valence-corrected chi connectivity index (χ2v) is 3.86. The normalized spacial score (nSPS) is 9.80. The quantitative estimate of drug-likeness (QED) is 0.799. The van der Waals surface area contributed by atoms with Crippen LogP contribution in [0.4, 0.5) is 10.5 Å². The van der Waals surface area contributed by atoms with Gasteiger partial charge in [0.15, 0.2) is 0 Å². The summed E-state index contributed by atoms with van der Waals surface area (Å²) < 4.78 is 4.97. The molecule has 0 atom stereocenters. The topological polar surface area (TPSA) is 95.9 Å². The first-order valence-electron chi connectivity index (χ1n) is 5.66. The zero-order chi connectivity index (χ0) is 14.5. The third kappa shape index (κ3) is 3.26. The molecule has 0 saturated heterocycles. The largest absolute Gasteiger partial charge is 0.508 e. The molecule has 3 N–H and O–H groups in total. The van der Waals surface area contributed by atoms with Gasteiger partial charge in [-0.05, 0) is 24.3 Å². The smallest absolute Gasteiger partial charge is 0.417 e. The second-order valence-electron chi connectivity index (χ2n) is 3.86. The van der Waals surface area contributed by atoms with Crippen molar-refractivity contribution < 1.29 is 24.5 Å². The summed E-state index contributed by atoms with van der Waals surface area (Å²) in [7, 11) is 0. The zero-order valence-corrected chi connectivity index (χ0v) is 10.2. The summed E-state index contributed by atoms with van der Waals surface area (Å²) in [5.74, 6) is -1.06. The molecule has 0 aliphatic carbocycles. The van der Waals surface area contributed by atoms with Gasteiger partial charge in [0.05, 0.1) is 11.3 Å². The molecule has 0 saturated carbocycles. The lowest BCUT2D eigenvalue weighted by Crippen LogP contribution is -2.18. The highest BCUT2D eigenvalue weighted by atomic mass is 16.6. The molecule has 6 nitrogen and oxygen atoms in total. The van der Waals surface area contributed by atoms with E-state index >= 15 is 0 Å². The summed E-state index contributed by atoms with van der Waals surface area (Å²) >= 11 is 0. The first-order valence-corrected chi connectivity index (χ1v) is 5.66. The van der Waals surface area contributed by atoms with Crippen LogP contribution in [0.2, 0.25) is 0 Å². The van der Waals surface area contributed by atoms with Crippen molar-refractivity contribution in [2.75, 3.05) is 5.32 Å². The maximum Gasteiger partial charge on any atom is 0.417 e. The Balaban J connectivity index is 2.15. The van der Waals surface area contributed by atoms with Gasteiger partial charge < -0.3 is 14.9 Å². The number of ether oxygens (including phenoxy) is 1. The molecule has 0 fully saturated rings. The second kappa shape index (κ2) is 5.75. The van der Waals surface area contributed by atoms with E-state index in [0.717, 1.165) is 6.07 Å². The number of benzene rings is 2. The van der Waals surface area contributed by atoms with Crippen molar-refractivity contribution in [1.29, 1.82) is 0 Å².